The van der Waals surface area contributed by atoms with Gasteiger partial charge in [-0.2, -0.15) is 0 Å². The second-order valence-electron chi connectivity index (χ2n) is 6.32. The zero-order valence-electron chi connectivity index (χ0n) is 14.4. The summed E-state index contributed by atoms with van der Waals surface area (Å²) in [5.41, 5.74) is 0.887. The maximum Gasteiger partial charge on any atom is 0.317 e. The maximum absolute atomic E-state index is 12.5. The molecule has 1 aliphatic rings. The van der Waals surface area contributed by atoms with Gasteiger partial charge < -0.3 is 20.2 Å². The fourth-order valence-electron chi connectivity index (χ4n) is 3.15. The van der Waals surface area contributed by atoms with E-state index in [1.54, 1.807) is 4.90 Å². The second kappa shape index (κ2) is 9.87. The predicted octanol–water partition coefficient (Wildman–Crippen LogP) is 2.58. The first-order valence-electron chi connectivity index (χ1n) is 8.73. The number of aliphatic hydroxyl groups is 1. The number of urea groups is 1. The largest absolute Gasteiger partial charge is 0.395 e. The van der Waals surface area contributed by atoms with E-state index in [0.717, 1.165) is 31.6 Å². The average molecular weight is 354 g/mol. The van der Waals surface area contributed by atoms with Crippen LogP contribution in [0.25, 0.3) is 0 Å². The SMILES string of the molecule is CCN1CCCC(CNC(=O)N(CCO)Cc2ccccc2Cl)C1. The lowest BCUT2D eigenvalue weighted by molar-refractivity contribution is 0.160. The molecule has 2 N–H and O–H groups in total. The number of halogens is 1. The summed E-state index contributed by atoms with van der Waals surface area (Å²) in [6.45, 7) is 6.75. The highest BCUT2D eigenvalue weighted by atomic mass is 35.5. The van der Waals surface area contributed by atoms with Crippen LogP contribution in [0.4, 0.5) is 4.79 Å². The average Bonchev–Trinajstić information content (AvgIpc) is 2.61. The highest BCUT2D eigenvalue weighted by Crippen LogP contribution is 2.18. The van der Waals surface area contributed by atoms with Gasteiger partial charge in [0.1, 0.15) is 0 Å². The van der Waals surface area contributed by atoms with E-state index in [1.807, 2.05) is 24.3 Å². The minimum Gasteiger partial charge on any atom is -0.395 e. The van der Waals surface area contributed by atoms with Crippen molar-refractivity contribution in [3.05, 3.63) is 34.9 Å². The van der Waals surface area contributed by atoms with Gasteiger partial charge in [-0.25, -0.2) is 4.79 Å². The molecule has 2 amide bonds. The Kier molecular flexibility index (Phi) is 7.82. The number of rotatable bonds is 7. The van der Waals surface area contributed by atoms with Crippen molar-refractivity contribution in [1.29, 1.82) is 0 Å². The number of nitrogens with one attached hydrogen (secondary N) is 1. The van der Waals surface area contributed by atoms with E-state index in [1.165, 1.54) is 6.42 Å². The van der Waals surface area contributed by atoms with Gasteiger partial charge in [-0.15, -0.1) is 0 Å². The molecule has 1 atom stereocenters. The molecule has 2 rings (SSSR count). The summed E-state index contributed by atoms with van der Waals surface area (Å²) in [6, 6.07) is 7.34. The van der Waals surface area contributed by atoms with Crippen molar-refractivity contribution < 1.29 is 9.90 Å². The summed E-state index contributed by atoms with van der Waals surface area (Å²) in [4.78, 5) is 16.5. The van der Waals surface area contributed by atoms with Gasteiger partial charge in [-0.05, 0) is 43.5 Å². The van der Waals surface area contributed by atoms with E-state index < -0.39 is 0 Å². The van der Waals surface area contributed by atoms with E-state index in [9.17, 15) is 9.90 Å². The van der Waals surface area contributed by atoms with Gasteiger partial charge in [0, 0.05) is 31.2 Å². The van der Waals surface area contributed by atoms with Crippen molar-refractivity contribution in [2.45, 2.75) is 26.3 Å². The Morgan fingerprint density at radius 2 is 2.25 bits per heavy atom. The van der Waals surface area contributed by atoms with Crippen LogP contribution in [0, 0.1) is 5.92 Å². The molecular weight excluding hydrogens is 326 g/mol. The van der Waals surface area contributed by atoms with Crippen molar-refractivity contribution in [3.63, 3.8) is 0 Å². The number of hydrogen-bond acceptors (Lipinski definition) is 3. The predicted molar refractivity (Wildman–Crippen MR) is 97.2 cm³/mol. The standard InChI is InChI=1S/C18H28ClN3O2/c1-2-21-9-5-6-15(13-21)12-20-18(24)22(10-11-23)14-16-7-3-4-8-17(16)19/h3-4,7-8,15,23H,2,5-6,9-14H2,1H3,(H,20,24). The summed E-state index contributed by atoms with van der Waals surface area (Å²) in [6.07, 6.45) is 2.34. The van der Waals surface area contributed by atoms with Crippen LogP contribution in [0.1, 0.15) is 25.3 Å². The molecule has 0 bridgehead atoms. The highest BCUT2D eigenvalue weighted by molar-refractivity contribution is 6.31. The van der Waals surface area contributed by atoms with Crippen molar-refractivity contribution in [3.8, 4) is 0 Å². The van der Waals surface area contributed by atoms with Gasteiger partial charge in [0.2, 0.25) is 0 Å². The van der Waals surface area contributed by atoms with E-state index in [2.05, 4.69) is 17.1 Å². The van der Waals surface area contributed by atoms with Gasteiger partial charge in [-0.1, -0.05) is 36.7 Å². The molecule has 0 aromatic heterocycles. The summed E-state index contributed by atoms with van der Waals surface area (Å²) in [5, 5.41) is 12.9. The number of aliphatic hydroxyl groups excluding tert-OH is 1. The van der Waals surface area contributed by atoms with Crippen molar-refractivity contribution >= 4 is 17.6 Å². The van der Waals surface area contributed by atoms with Crippen LogP contribution >= 0.6 is 11.6 Å². The Balaban J connectivity index is 1.88. The van der Waals surface area contributed by atoms with Crippen LogP contribution in [-0.2, 0) is 6.54 Å². The molecule has 0 spiro atoms. The fraction of sp³-hybridized carbons (Fsp3) is 0.611. The molecule has 1 aromatic carbocycles. The molecule has 1 unspecified atom stereocenters. The number of nitrogens with zero attached hydrogens (tertiary/aromatic N) is 2. The Morgan fingerprint density at radius 1 is 1.46 bits per heavy atom. The van der Waals surface area contributed by atoms with Gasteiger partial charge in [0.05, 0.1) is 6.61 Å². The smallest absolute Gasteiger partial charge is 0.317 e. The number of piperidine rings is 1. The molecule has 0 saturated carbocycles. The Labute approximate surface area is 149 Å². The minimum atomic E-state index is -0.141. The van der Waals surface area contributed by atoms with Gasteiger partial charge in [-0.3, -0.25) is 0 Å². The van der Waals surface area contributed by atoms with Gasteiger partial charge in [0.15, 0.2) is 0 Å². The molecule has 1 aromatic rings. The number of likely N-dealkylation sites (tertiary alicyclic amines) is 1. The van der Waals surface area contributed by atoms with Crippen LogP contribution < -0.4 is 5.32 Å². The molecule has 24 heavy (non-hydrogen) atoms. The zero-order chi connectivity index (χ0) is 17.4. The van der Waals surface area contributed by atoms with E-state index in [4.69, 9.17) is 11.6 Å². The second-order valence-corrected chi connectivity index (χ2v) is 6.73. The third-order valence-corrected chi connectivity index (χ3v) is 4.94. The van der Waals surface area contributed by atoms with Crippen LogP contribution in [0.15, 0.2) is 24.3 Å². The monoisotopic (exact) mass is 353 g/mol. The van der Waals surface area contributed by atoms with Gasteiger partial charge in [0.25, 0.3) is 0 Å². The molecule has 0 radical (unpaired) electrons. The first-order chi connectivity index (χ1) is 11.6. The molecule has 134 valence electrons. The van der Waals surface area contributed by atoms with Crippen LogP contribution in [0.2, 0.25) is 5.02 Å². The lowest BCUT2D eigenvalue weighted by Crippen LogP contribution is -2.45. The van der Waals surface area contributed by atoms with Crippen molar-refractivity contribution in [1.82, 2.24) is 15.1 Å². The van der Waals surface area contributed by atoms with Crippen LogP contribution in [0.5, 0.6) is 0 Å². The molecule has 5 nitrogen and oxygen atoms in total. The maximum atomic E-state index is 12.5. The third-order valence-electron chi connectivity index (χ3n) is 4.57. The molecule has 0 aliphatic carbocycles. The lowest BCUT2D eigenvalue weighted by atomic mass is 9.98. The molecular formula is C18H28ClN3O2. The number of carbonyl (C=O) groups is 1. The van der Waals surface area contributed by atoms with E-state index in [0.29, 0.717) is 30.6 Å². The summed E-state index contributed by atoms with van der Waals surface area (Å²) in [5.74, 6) is 0.499. The number of hydrogen-bond donors (Lipinski definition) is 2. The molecule has 6 heteroatoms. The first kappa shape index (κ1) is 19.0. The summed E-state index contributed by atoms with van der Waals surface area (Å²) in [7, 11) is 0. The quantitative estimate of drug-likeness (QED) is 0.792. The normalized spacial score (nSPS) is 18.4. The molecule has 1 heterocycles. The Bertz CT molecular complexity index is 527. The van der Waals surface area contributed by atoms with Crippen LogP contribution in [-0.4, -0.2) is 60.3 Å². The lowest BCUT2D eigenvalue weighted by Gasteiger charge is -2.32. The Morgan fingerprint density at radius 3 is 2.96 bits per heavy atom. The zero-order valence-corrected chi connectivity index (χ0v) is 15.1. The first-order valence-corrected chi connectivity index (χ1v) is 9.11. The summed E-state index contributed by atoms with van der Waals surface area (Å²) >= 11 is 6.18. The van der Waals surface area contributed by atoms with Crippen molar-refractivity contribution in [2.75, 3.05) is 39.3 Å². The molecule has 1 aliphatic heterocycles. The van der Waals surface area contributed by atoms with Gasteiger partial charge >= 0.3 is 6.03 Å². The summed E-state index contributed by atoms with van der Waals surface area (Å²) < 4.78 is 0. The van der Waals surface area contributed by atoms with Crippen molar-refractivity contribution in [2.24, 2.45) is 5.92 Å². The number of carbonyl (C=O) groups excluding carboxylic acids is 1. The third kappa shape index (κ3) is 5.65. The minimum absolute atomic E-state index is 0.0646. The number of amides is 2. The topological polar surface area (TPSA) is 55.8 Å². The molecule has 1 fully saturated rings. The van der Waals surface area contributed by atoms with E-state index in [-0.39, 0.29) is 12.6 Å². The highest BCUT2D eigenvalue weighted by Gasteiger charge is 2.21. The molecule has 1 saturated heterocycles. The Hall–Kier alpha value is -1.30. The van der Waals surface area contributed by atoms with E-state index >= 15 is 0 Å². The van der Waals surface area contributed by atoms with Crippen LogP contribution in [0.3, 0.4) is 0 Å². The number of benzene rings is 1. The fourth-order valence-corrected chi connectivity index (χ4v) is 3.35.